The van der Waals surface area contributed by atoms with Crippen LogP contribution in [-0.2, 0) is 0 Å². The Morgan fingerprint density at radius 2 is 0.291 bits per heavy atom. The summed E-state index contributed by atoms with van der Waals surface area (Å²) in [5, 5.41) is 23.2. The van der Waals surface area contributed by atoms with Crippen molar-refractivity contribution in [3.05, 3.63) is 425 Å². The fraction of sp³-hybridized carbons (Fsp3) is 0. The molecular weight excluding hydrogens is 1330 g/mol. The van der Waals surface area contributed by atoms with E-state index in [2.05, 4.69) is 444 Å². The number of benzene rings is 21. The van der Waals surface area contributed by atoms with Crippen LogP contribution in [0.25, 0.3) is 130 Å². The maximum absolute atomic E-state index is 2.51. The van der Waals surface area contributed by atoms with Crippen molar-refractivity contribution in [3.8, 4) is 22.3 Å². The topological polar surface area (TPSA) is 13.0 Å². The Kier molecular flexibility index (Phi) is 15.5. The molecule has 21 aromatic rings. The predicted molar refractivity (Wildman–Crippen MR) is 471 cm³/mol. The van der Waals surface area contributed by atoms with Crippen molar-refractivity contribution in [2.75, 3.05) is 19.6 Å². The highest BCUT2D eigenvalue weighted by atomic mass is 15.2. The quantitative estimate of drug-likeness (QED) is 0.101. The molecule has 21 aromatic carbocycles. The molecule has 0 aliphatic carbocycles. The van der Waals surface area contributed by atoms with E-state index in [0.717, 1.165) is 134 Å². The molecular formula is C106H70N4. The first-order chi connectivity index (χ1) is 54.6. The second-order valence-electron chi connectivity index (χ2n) is 28.6. The molecule has 0 spiro atoms. The highest BCUT2D eigenvalue weighted by Crippen LogP contribution is 2.53. The molecule has 0 heterocycles. The maximum Gasteiger partial charge on any atom is 0.0540 e. The van der Waals surface area contributed by atoms with E-state index in [1.165, 1.54) is 64.6 Å². The summed E-state index contributed by atoms with van der Waals surface area (Å²) in [4.78, 5) is 9.95. The van der Waals surface area contributed by atoms with Gasteiger partial charge >= 0.3 is 0 Å². The first-order valence-electron chi connectivity index (χ1n) is 37.9. The zero-order valence-corrected chi connectivity index (χ0v) is 60.2. The molecule has 4 nitrogen and oxygen atoms in total. The van der Waals surface area contributed by atoms with E-state index in [1.807, 2.05) is 0 Å². The van der Waals surface area contributed by atoms with Crippen LogP contribution in [0.4, 0.5) is 68.2 Å². The average Bonchev–Trinajstić information content (AvgIpc) is 0.717. The molecule has 0 aliphatic heterocycles. The molecule has 21 rings (SSSR count). The van der Waals surface area contributed by atoms with Gasteiger partial charge in [-0.2, -0.15) is 0 Å². The van der Waals surface area contributed by atoms with Gasteiger partial charge in [-0.05, 0) is 184 Å². The van der Waals surface area contributed by atoms with E-state index in [-0.39, 0.29) is 0 Å². The molecule has 0 fully saturated rings. The van der Waals surface area contributed by atoms with Gasteiger partial charge in [0.25, 0.3) is 0 Å². The average molecular weight is 1400 g/mol. The molecule has 4 heteroatoms. The third-order valence-corrected chi connectivity index (χ3v) is 22.5. The van der Waals surface area contributed by atoms with Crippen molar-refractivity contribution < 1.29 is 0 Å². The summed E-state index contributed by atoms with van der Waals surface area (Å²) in [5.74, 6) is 0. The molecule has 0 N–H and O–H groups in total. The van der Waals surface area contributed by atoms with Crippen LogP contribution in [0, 0.1) is 0 Å². The third kappa shape index (κ3) is 10.8. The van der Waals surface area contributed by atoms with Gasteiger partial charge in [0.2, 0.25) is 0 Å². The minimum atomic E-state index is 1.03. The number of rotatable bonds is 14. The summed E-state index contributed by atoms with van der Waals surface area (Å²) in [6.07, 6.45) is 0. The number of nitrogens with zero attached hydrogens (tertiary/aromatic N) is 4. The van der Waals surface area contributed by atoms with Crippen molar-refractivity contribution >= 4 is 176 Å². The summed E-state index contributed by atoms with van der Waals surface area (Å²) >= 11 is 0. The summed E-state index contributed by atoms with van der Waals surface area (Å²) in [6, 6.07) is 157. The molecule has 0 radical (unpaired) electrons. The molecule has 514 valence electrons. The Bertz CT molecular complexity index is 6620. The standard InChI is InChI=1S/C106H70N4/c1-9-41-85-71(25-1)33-17-49-97(85)107(98-50-18-34-72-26-2-10-42-86(72)98)81-61-57-79(58-62-81)105-93-67-65-83(109(101-53-21-37-75-29-5-13-45-89(75)101)102-54-22-38-76-30-6-14-46-90(76)102)69-95(93)106(80-59-63-82(64-60-80)108(99-51-19-35-73-27-3-11-43-87(73)99)100-52-20-36-74-28-4-12-44-88(74)100)96-70-84(66-68-94(96)105)110(103-55-23-39-77-31-7-15-47-91(77)103)104-56-24-40-78-32-8-16-48-92(78)104/h1-70H. The zero-order valence-electron chi connectivity index (χ0n) is 60.2. The van der Waals surface area contributed by atoms with Crippen LogP contribution in [0.2, 0.25) is 0 Å². The lowest BCUT2D eigenvalue weighted by atomic mass is 9.85. The van der Waals surface area contributed by atoms with E-state index < -0.39 is 0 Å². The van der Waals surface area contributed by atoms with E-state index in [1.54, 1.807) is 0 Å². The van der Waals surface area contributed by atoms with Crippen LogP contribution in [0.1, 0.15) is 0 Å². The van der Waals surface area contributed by atoms with Gasteiger partial charge in [0.05, 0.1) is 45.5 Å². The lowest BCUT2D eigenvalue weighted by Crippen LogP contribution is -2.12. The molecule has 0 saturated carbocycles. The molecule has 0 atom stereocenters. The Hall–Kier alpha value is -14.6. The number of anilines is 12. The van der Waals surface area contributed by atoms with Crippen LogP contribution in [0.5, 0.6) is 0 Å². The van der Waals surface area contributed by atoms with Crippen molar-refractivity contribution in [2.24, 2.45) is 0 Å². The van der Waals surface area contributed by atoms with E-state index in [9.17, 15) is 0 Å². The number of hydrogen-bond acceptors (Lipinski definition) is 4. The summed E-state index contributed by atoms with van der Waals surface area (Å²) in [5.41, 5.74) is 17.4. The minimum Gasteiger partial charge on any atom is -0.309 e. The Morgan fingerprint density at radius 1 is 0.118 bits per heavy atom. The largest absolute Gasteiger partial charge is 0.309 e. The van der Waals surface area contributed by atoms with E-state index in [0.29, 0.717) is 0 Å². The second-order valence-corrected chi connectivity index (χ2v) is 28.6. The Labute approximate surface area is 638 Å². The van der Waals surface area contributed by atoms with E-state index in [4.69, 9.17) is 0 Å². The van der Waals surface area contributed by atoms with E-state index >= 15 is 0 Å². The summed E-state index contributed by atoms with van der Waals surface area (Å²) < 4.78 is 0. The molecule has 0 aromatic heterocycles. The van der Waals surface area contributed by atoms with Gasteiger partial charge in [0.15, 0.2) is 0 Å². The summed E-state index contributed by atoms with van der Waals surface area (Å²) in [7, 11) is 0. The van der Waals surface area contributed by atoms with Crippen LogP contribution in [-0.4, -0.2) is 0 Å². The maximum atomic E-state index is 2.51. The van der Waals surface area contributed by atoms with Crippen LogP contribution >= 0.6 is 0 Å². The Balaban J connectivity index is 0.871. The van der Waals surface area contributed by atoms with Gasteiger partial charge in [0.1, 0.15) is 0 Å². The van der Waals surface area contributed by atoms with Gasteiger partial charge in [0, 0.05) is 65.8 Å². The molecule has 0 saturated heterocycles. The van der Waals surface area contributed by atoms with Crippen molar-refractivity contribution in [1.29, 1.82) is 0 Å². The lowest BCUT2D eigenvalue weighted by molar-refractivity contribution is 1.31. The monoisotopic (exact) mass is 1400 g/mol. The molecule has 110 heavy (non-hydrogen) atoms. The predicted octanol–water partition coefficient (Wildman–Crippen LogP) is 30.4. The van der Waals surface area contributed by atoms with Crippen molar-refractivity contribution in [2.45, 2.75) is 0 Å². The van der Waals surface area contributed by atoms with Gasteiger partial charge in [-0.1, -0.05) is 328 Å². The smallest absolute Gasteiger partial charge is 0.0540 e. The molecule has 0 unspecified atom stereocenters. The molecule has 0 amide bonds. The van der Waals surface area contributed by atoms with Gasteiger partial charge in [-0.25, -0.2) is 0 Å². The van der Waals surface area contributed by atoms with Gasteiger partial charge in [-0.15, -0.1) is 0 Å². The second kappa shape index (κ2) is 26.8. The normalized spacial score (nSPS) is 11.6. The van der Waals surface area contributed by atoms with Gasteiger partial charge < -0.3 is 19.6 Å². The van der Waals surface area contributed by atoms with Crippen molar-refractivity contribution in [1.82, 2.24) is 0 Å². The SMILES string of the molecule is c1ccc2c(N(c3ccc(-c4c5ccc(N(c6cccc7ccccc67)c6cccc7ccccc67)cc5c(-c5ccc(N(c6cccc7ccccc67)c6cccc7ccccc67)cc5)c5cc(N(c6cccc7ccccc67)c6cccc7ccccc67)ccc45)cc3)c3cccc4ccccc34)cccc2c1. The lowest BCUT2D eigenvalue weighted by Gasteiger charge is -2.30. The molecule has 0 bridgehead atoms. The number of fused-ring (bicyclic) bond motifs is 10. The highest BCUT2D eigenvalue weighted by Gasteiger charge is 2.27. The van der Waals surface area contributed by atoms with Crippen LogP contribution in [0.15, 0.2) is 425 Å². The summed E-state index contributed by atoms with van der Waals surface area (Å²) in [6.45, 7) is 0. The fourth-order valence-corrected chi connectivity index (χ4v) is 17.5. The third-order valence-electron chi connectivity index (χ3n) is 22.5. The number of hydrogen-bond donors (Lipinski definition) is 0. The minimum absolute atomic E-state index is 1.03. The van der Waals surface area contributed by atoms with Crippen molar-refractivity contribution in [3.63, 3.8) is 0 Å². The Morgan fingerprint density at radius 3 is 0.509 bits per heavy atom. The first-order valence-corrected chi connectivity index (χ1v) is 37.9. The molecule has 0 aliphatic rings. The highest BCUT2D eigenvalue weighted by molar-refractivity contribution is 6.24. The zero-order chi connectivity index (χ0) is 72.6. The first kappa shape index (κ1) is 63.9. The van der Waals surface area contributed by atoms with Gasteiger partial charge in [-0.3, -0.25) is 0 Å². The van der Waals surface area contributed by atoms with Crippen LogP contribution in [0.3, 0.4) is 0 Å². The fourth-order valence-electron chi connectivity index (χ4n) is 17.5. The van der Waals surface area contributed by atoms with Crippen LogP contribution < -0.4 is 19.6 Å².